The summed E-state index contributed by atoms with van der Waals surface area (Å²) in [6.07, 6.45) is 0.609. The van der Waals surface area contributed by atoms with Crippen LogP contribution in [0.3, 0.4) is 0 Å². The molecule has 3 aromatic rings. The first-order valence-electron chi connectivity index (χ1n) is 7.96. The van der Waals surface area contributed by atoms with Crippen LogP contribution in [0.4, 0.5) is 5.82 Å². The zero-order chi connectivity index (χ0) is 18.7. The fourth-order valence-electron chi connectivity index (χ4n) is 2.60. The zero-order valence-corrected chi connectivity index (χ0v) is 15.2. The maximum absolute atomic E-state index is 12.1. The molecule has 132 valence electrons. The minimum absolute atomic E-state index is 0.0714. The van der Waals surface area contributed by atoms with Gasteiger partial charge in [0.1, 0.15) is 16.9 Å². The lowest BCUT2D eigenvalue weighted by atomic mass is 10.2. The molecular weight excluding hydrogens is 350 g/mol. The molecule has 0 bridgehead atoms. The van der Waals surface area contributed by atoms with Gasteiger partial charge in [0.25, 0.3) is 5.56 Å². The van der Waals surface area contributed by atoms with Crippen LogP contribution < -0.4 is 16.6 Å². The minimum Gasteiger partial charge on any atom is -0.370 e. The largest absolute Gasteiger partial charge is 0.370 e. The second-order valence-corrected chi connectivity index (χ2v) is 6.59. The third kappa shape index (κ3) is 3.30. The molecule has 0 aliphatic carbocycles. The molecule has 8 heteroatoms. The van der Waals surface area contributed by atoms with Crippen LogP contribution in [0.5, 0.6) is 0 Å². The highest BCUT2D eigenvalue weighted by Crippen LogP contribution is 2.23. The molecule has 0 radical (unpaired) electrons. The molecule has 0 atom stereocenters. The van der Waals surface area contributed by atoms with E-state index >= 15 is 0 Å². The van der Waals surface area contributed by atoms with Gasteiger partial charge < -0.3 is 5.32 Å². The quantitative estimate of drug-likeness (QED) is 0.741. The van der Waals surface area contributed by atoms with E-state index in [1.807, 2.05) is 41.8 Å². The normalized spacial score (nSPS) is 10.5. The Morgan fingerprint density at radius 2 is 1.92 bits per heavy atom. The summed E-state index contributed by atoms with van der Waals surface area (Å²) in [5, 5.41) is 15.2. The average Bonchev–Trinajstić information content (AvgIpc) is 3.14. The molecule has 0 unspecified atom stereocenters. The van der Waals surface area contributed by atoms with Gasteiger partial charge in [-0.1, -0.05) is 30.3 Å². The number of anilines is 1. The van der Waals surface area contributed by atoms with E-state index in [1.165, 1.54) is 18.7 Å². The Balaban J connectivity index is 1.76. The molecule has 1 aromatic carbocycles. The smallest absolute Gasteiger partial charge is 0.332 e. The molecule has 0 amide bonds. The van der Waals surface area contributed by atoms with Gasteiger partial charge in [-0.2, -0.15) is 5.26 Å². The molecule has 26 heavy (non-hydrogen) atoms. The third-order valence-electron chi connectivity index (χ3n) is 4.02. The van der Waals surface area contributed by atoms with Gasteiger partial charge in [0.05, 0.1) is 5.69 Å². The molecule has 2 heterocycles. The summed E-state index contributed by atoms with van der Waals surface area (Å²) >= 11 is 1.57. The van der Waals surface area contributed by atoms with E-state index in [9.17, 15) is 14.9 Å². The van der Waals surface area contributed by atoms with Gasteiger partial charge >= 0.3 is 5.69 Å². The number of rotatable bonds is 5. The second-order valence-electron chi connectivity index (χ2n) is 5.73. The molecular formula is C18H17N5O2S. The summed E-state index contributed by atoms with van der Waals surface area (Å²) in [6, 6.07) is 11.8. The van der Waals surface area contributed by atoms with Crippen molar-refractivity contribution in [3.63, 3.8) is 0 Å². The first-order chi connectivity index (χ1) is 12.5. The van der Waals surface area contributed by atoms with Crippen LogP contribution >= 0.6 is 11.3 Å². The van der Waals surface area contributed by atoms with Crippen molar-refractivity contribution in [3.8, 4) is 16.6 Å². The predicted molar refractivity (Wildman–Crippen MR) is 101 cm³/mol. The second kappa shape index (κ2) is 7.37. The van der Waals surface area contributed by atoms with Crippen LogP contribution in [0.15, 0.2) is 45.3 Å². The lowest BCUT2D eigenvalue weighted by Gasteiger charge is -2.13. The van der Waals surface area contributed by atoms with E-state index < -0.39 is 11.2 Å². The minimum atomic E-state index is -0.599. The molecule has 1 N–H and O–H groups in total. The first kappa shape index (κ1) is 17.6. The van der Waals surface area contributed by atoms with Crippen molar-refractivity contribution >= 4 is 17.2 Å². The zero-order valence-electron chi connectivity index (χ0n) is 14.4. The number of benzene rings is 1. The Morgan fingerprint density at radius 3 is 2.62 bits per heavy atom. The van der Waals surface area contributed by atoms with E-state index in [-0.39, 0.29) is 11.4 Å². The lowest BCUT2D eigenvalue weighted by Crippen LogP contribution is -2.40. The number of thiazole rings is 1. The van der Waals surface area contributed by atoms with Gasteiger partial charge in [-0.15, -0.1) is 11.3 Å². The number of aromatic nitrogens is 3. The van der Waals surface area contributed by atoms with Crippen molar-refractivity contribution in [1.29, 1.82) is 5.26 Å². The van der Waals surface area contributed by atoms with Gasteiger partial charge in [-0.05, 0) is 0 Å². The fraction of sp³-hybridized carbons (Fsp3) is 0.222. The maximum atomic E-state index is 12.1. The molecule has 2 aromatic heterocycles. The van der Waals surface area contributed by atoms with E-state index in [0.29, 0.717) is 13.0 Å². The summed E-state index contributed by atoms with van der Waals surface area (Å²) in [7, 11) is 2.89. The molecule has 0 spiro atoms. The Hall–Kier alpha value is -3.18. The summed E-state index contributed by atoms with van der Waals surface area (Å²) in [4.78, 5) is 28.7. The molecule has 0 aliphatic heterocycles. The maximum Gasteiger partial charge on any atom is 0.332 e. The average molecular weight is 367 g/mol. The topological polar surface area (TPSA) is 92.7 Å². The van der Waals surface area contributed by atoms with Crippen molar-refractivity contribution in [3.05, 3.63) is 67.8 Å². The predicted octanol–water partition coefficient (Wildman–Crippen LogP) is 1.73. The highest BCUT2D eigenvalue weighted by atomic mass is 32.1. The Bertz CT molecular complexity index is 1090. The van der Waals surface area contributed by atoms with Crippen molar-refractivity contribution in [2.45, 2.75) is 6.42 Å². The number of nitriles is 1. The Labute approximate surface area is 153 Å². The van der Waals surface area contributed by atoms with Crippen molar-refractivity contribution in [2.75, 3.05) is 11.9 Å². The van der Waals surface area contributed by atoms with Gasteiger partial charge in [0, 0.05) is 38.0 Å². The monoisotopic (exact) mass is 367 g/mol. The standard InChI is InChI=1S/C18H17N5O2S/c1-22-15(14(10-19)17(24)23(2)18(22)25)20-9-8-13-11-26-16(21-13)12-6-4-3-5-7-12/h3-7,11,20H,8-9H2,1-2H3. The van der Waals surface area contributed by atoms with Gasteiger partial charge in [0.2, 0.25) is 0 Å². The third-order valence-corrected chi connectivity index (χ3v) is 4.96. The van der Waals surface area contributed by atoms with E-state index in [2.05, 4.69) is 10.3 Å². The molecule has 0 fully saturated rings. The van der Waals surface area contributed by atoms with Crippen LogP contribution in [-0.2, 0) is 20.5 Å². The number of hydrogen-bond acceptors (Lipinski definition) is 6. The van der Waals surface area contributed by atoms with E-state index in [0.717, 1.165) is 20.8 Å². The SMILES string of the molecule is Cn1c(NCCc2csc(-c3ccccc3)n2)c(C#N)c(=O)n(C)c1=O. The number of nitrogens with one attached hydrogen (secondary N) is 1. The summed E-state index contributed by atoms with van der Waals surface area (Å²) < 4.78 is 2.20. The lowest BCUT2D eigenvalue weighted by molar-refractivity contribution is 0.685. The Kier molecular flexibility index (Phi) is 5.00. The van der Waals surface area contributed by atoms with Crippen LogP contribution in [0, 0.1) is 11.3 Å². The van der Waals surface area contributed by atoms with Crippen molar-refractivity contribution < 1.29 is 0 Å². The van der Waals surface area contributed by atoms with Crippen molar-refractivity contribution in [2.24, 2.45) is 14.1 Å². The van der Waals surface area contributed by atoms with Gasteiger partial charge in [-0.25, -0.2) is 9.78 Å². The van der Waals surface area contributed by atoms with Crippen LogP contribution in [0.2, 0.25) is 0 Å². The molecule has 0 saturated carbocycles. The van der Waals surface area contributed by atoms with Crippen LogP contribution in [-0.4, -0.2) is 20.7 Å². The molecule has 7 nitrogen and oxygen atoms in total. The number of hydrogen-bond donors (Lipinski definition) is 1. The summed E-state index contributed by atoms with van der Waals surface area (Å²) in [5.41, 5.74) is 0.832. The van der Waals surface area contributed by atoms with Crippen molar-refractivity contribution in [1.82, 2.24) is 14.1 Å². The highest BCUT2D eigenvalue weighted by molar-refractivity contribution is 7.13. The van der Waals surface area contributed by atoms with Crippen LogP contribution in [0.25, 0.3) is 10.6 Å². The summed E-state index contributed by atoms with van der Waals surface area (Å²) in [5.74, 6) is 0.235. The van der Waals surface area contributed by atoms with Gasteiger partial charge in [-0.3, -0.25) is 13.9 Å². The molecule has 0 saturated heterocycles. The van der Waals surface area contributed by atoms with E-state index in [4.69, 9.17) is 0 Å². The summed E-state index contributed by atoms with van der Waals surface area (Å²) in [6.45, 7) is 0.451. The Morgan fingerprint density at radius 1 is 1.19 bits per heavy atom. The fourth-order valence-corrected chi connectivity index (χ4v) is 3.46. The first-order valence-corrected chi connectivity index (χ1v) is 8.84. The highest BCUT2D eigenvalue weighted by Gasteiger charge is 2.15. The molecule has 3 rings (SSSR count). The van der Waals surface area contributed by atoms with Crippen LogP contribution in [0.1, 0.15) is 11.3 Å². The molecule has 0 aliphatic rings. The number of nitrogens with zero attached hydrogens (tertiary/aromatic N) is 4. The van der Waals surface area contributed by atoms with Gasteiger partial charge in [0.15, 0.2) is 5.56 Å². The van der Waals surface area contributed by atoms with E-state index in [1.54, 1.807) is 11.3 Å².